The van der Waals surface area contributed by atoms with Gasteiger partial charge in [0.1, 0.15) is 17.5 Å². The number of benzene rings is 1. The van der Waals surface area contributed by atoms with Gasteiger partial charge in [0, 0.05) is 36.6 Å². The lowest BCUT2D eigenvalue weighted by molar-refractivity contribution is -0.141. The number of carbonyl (C=O) groups is 1. The van der Waals surface area contributed by atoms with E-state index in [1.165, 1.54) is 0 Å². The number of rotatable bonds is 4. The van der Waals surface area contributed by atoms with Gasteiger partial charge < -0.3 is 14.3 Å². The summed E-state index contributed by atoms with van der Waals surface area (Å²) in [6, 6.07) is 9.41. The first-order valence-corrected chi connectivity index (χ1v) is 9.32. The van der Waals surface area contributed by atoms with Gasteiger partial charge in [0.25, 0.3) is 0 Å². The van der Waals surface area contributed by atoms with Crippen molar-refractivity contribution in [2.45, 2.75) is 33.2 Å². The summed E-state index contributed by atoms with van der Waals surface area (Å²) >= 11 is 5.99. The van der Waals surface area contributed by atoms with Gasteiger partial charge in [0.15, 0.2) is 0 Å². The maximum Gasteiger partial charge on any atom is 0.228 e. The predicted molar refractivity (Wildman–Crippen MR) is 103 cm³/mol. The fraction of sp³-hybridized carbons (Fsp3) is 0.450. The number of halogens is 1. The molecule has 1 aromatic heterocycles. The summed E-state index contributed by atoms with van der Waals surface area (Å²) in [7, 11) is 1.80. The van der Waals surface area contributed by atoms with E-state index < -0.39 is 5.41 Å². The normalized spacial score (nSPS) is 16.0. The zero-order valence-electron chi connectivity index (χ0n) is 15.8. The molecule has 27 heavy (non-hydrogen) atoms. The summed E-state index contributed by atoms with van der Waals surface area (Å²) in [5.41, 5.74) is 1.77. The molecule has 0 spiro atoms. The van der Waals surface area contributed by atoms with Crippen LogP contribution in [-0.4, -0.2) is 36.1 Å². The zero-order valence-corrected chi connectivity index (χ0v) is 16.6. The van der Waals surface area contributed by atoms with Crippen molar-refractivity contribution in [3.8, 4) is 6.07 Å². The molecular formula is C20H23ClN4O2. The van der Waals surface area contributed by atoms with Crippen molar-refractivity contribution in [3.63, 3.8) is 0 Å². The van der Waals surface area contributed by atoms with Crippen molar-refractivity contribution in [2.75, 3.05) is 25.0 Å². The van der Waals surface area contributed by atoms with Crippen LogP contribution in [0.4, 0.5) is 5.69 Å². The van der Waals surface area contributed by atoms with E-state index in [1.54, 1.807) is 24.1 Å². The Hall–Kier alpha value is -2.52. The molecule has 0 bridgehead atoms. The Balaban J connectivity index is 1.66. The van der Waals surface area contributed by atoms with Gasteiger partial charge in [-0.15, -0.1) is 0 Å². The largest absolute Gasteiger partial charge is 0.370 e. The summed E-state index contributed by atoms with van der Waals surface area (Å²) in [6.07, 6.45) is 1.45. The Kier molecular flexibility index (Phi) is 5.43. The SMILES string of the molecule is Cc1cc(CN(C)C(=O)C2(C)CCN(c3ccc(Cl)cc3C#N)CC2)no1. The first-order chi connectivity index (χ1) is 12.8. The molecule has 1 fully saturated rings. The molecular weight excluding hydrogens is 364 g/mol. The average molecular weight is 387 g/mol. The number of aromatic nitrogens is 1. The Morgan fingerprint density at radius 2 is 2.11 bits per heavy atom. The molecule has 7 heteroatoms. The van der Waals surface area contributed by atoms with E-state index >= 15 is 0 Å². The Morgan fingerprint density at radius 3 is 2.70 bits per heavy atom. The van der Waals surface area contributed by atoms with Crippen LogP contribution in [0.2, 0.25) is 5.02 Å². The van der Waals surface area contributed by atoms with Gasteiger partial charge in [-0.3, -0.25) is 4.79 Å². The van der Waals surface area contributed by atoms with Gasteiger partial charge in [0.05, 0.1) is 17.8 Å². The van der Waals surface area contributed by atoms with Crippen LogP contribution < -0.4 is 4.90 Å². The van der Waals surface area contributed by atoms with E-state index in [0.717, 1.165) is 43.1 Å². The van der Waals surface area contributed by atoms with Crippen molar-refractivity contribution in [1.29, 1.82) is 5.26 Å². The number of carbonyl (C=O) groups excluding carboxylic acids is 1. The second kappa shape index (κ2) is 7.61. The number of nitriles is 1. The molecule has 1 amide bonds. The maximum absolute atomic E-state index is 13.0. The topological polar surface area (TPSA) is 73.4 Å². The molecule has 1 aromatic carbocycles. The van der Waals surface area contributed by atoms with Crippen molar-refractivity contribution in [3.05, 3.63) is 46.3 Å². The van der Waals surface area contributed by atoms with Gasteiger partial charge in [-0.05, 0) is 38.0 Å². The van der Waals surface area contributed by atoms with E-state index in [0.29, 0.717) is 17.1 Å². The molecule has 0 aliphatic carbocycles. The van der Waals surface area contributed by atoms with Crippen LogP contribution in [-0.2, 0) is 11.3 Å². The lowest BCUT2D eigenvalue weighted by atomic mass is 9.79. The van der Waals surface area contributed by atoms with Crippen LogP contribution in [0.3, 0.4) is 0 Å². The summed E-state index contributed by atoms with van der Waals surface area (Å²) in [6.45, 7) is 5.72. The summed E-state index contributed by atoms with van der Waals surface area (Å²) in [5.74, 6) is 0.848. The molecule has 6 nitrogen and oxygen atoms in total. The third-order valence-electron chi connectivity index (χ3n) is 5.23. The summed E-state index contributed by atoms with van der Waals surface area (Å²) in [5, 5.41) is 13.9. The smallest absolute Gasteiger partial charge is 0.228 e. The van der Waals surface area contributed by atoms with Gasteiger partial charge >= 0.3 is 0 Å². The van der Waals surface area contributed by atoms with Crippen molar-refractivity contribution in [1.82, 2.24) is 10.1 Å². The van der Waals surface area contributed by atoms with Gasteiger partial charge in [-0.1, -0.05) is 23.7 Å². The van der Waals surface area contributed by atoms with Crippen molar-refractivity contribution >= 4 is 23.2 Å². The molecule has 2 aromatic rings. The highest BCUT2D eigenvalue weighted by Crippen LogP contribution is 2.36. The summed E-state index contributed by atoms with van der Waals surface area (Å²) in [4.78, 5) is 16.9. The predicted octanol–water partition coefficient (Wildman–Crippen LogP) is 3.77. The second-order valence-corrected chi connectivity index (χ2v) is 7.85. The van der Waals surface area contributed by atoms with Crippen LogP contribution in [0.5, 0.6) is 0 Å². The standard InChI is InChI=1S/C20H23ClN4O2/c1-14-10-17(23-27-14)13-24(3)19(26)20(2)6-8-25(9-7-20)18-5-4-16(21)11-15(18)12-22/h4-5,10-11H,6-9,13H2,1-3H3. The van der Waals surface area contributed by atoms with E-state index in [4.69, 9.17) is 16.1 Å². The van der Waals surface area contributed by atoms with Gasteiger partial charge in [-0.25, -0.2) is 0 Å². The molecule has 0 N–H and O–H groups in total. The minimum absolute atomic E-state index is 0.111. The lowest BCUT2D eigenvalue weighted by Crippen LogP contribution is -2.47. The maximum atomic E-state index is 13.0. The zero-order chi connectivity index (χ0) is 19.6. The number of hydrogen-bond donors (Lipinski definition) is 0. The monoisotopic (exact) mass is 386 g/mol. The first kappa shape index (κ1) is 19.2. The fourth-order valence-electron chi connectivity index (χ4n) is 3.60. The molecule has 1 aliphatic rings. The highest BCUT2D eigenvalue weighted by atomic mass is 35.5. The summed E-state index contributed by atoms with van der Waals surface area (Å²) < 4.78 is 5.08. The van der Waals surface area contributed by atoms with E-state index in [9.17, 15) is 10.1 Å². The van der Waals surface area contributed by atoms with E-state index in [2.05, 4.69) is 16.1 Å². The molecule has 0 radical (unpaired) electrons. The number of piperidine rings is 1. The number of anilines is 1. The van der Waals surface area contributed by atoms with Gasteiger partial charge in [0.2, 0.25) is 5.91 Å². The highest BCUT2D eigenvalue weighted by molar-refractivity contribution is 6.30. The molecule has 1 aliphatic heterocycles. The van der Waals surface area contributed by atoms with Crippen LogP contribution in [0, 0.1) is 23.7 Å². The minimum atomic E-state index is -0.427. The number of aryl methyl sites for hydroxylation is 1. The number of nitrogens with zero attached hydrogens (tertiary/aromatic N) is 4. The number of amides is 1. The molecule has 3 rings (SSSR count). The Bertz CT molecular complexity index is 878. The minimum Gasteiger partial charge on any atom is -0.370 e. The molecule has 0 saturated carbocycles. The first-order valence-electron chi connectivity index (χ1n) is 8.95. The fourth-order valence-corrected chi connectivity index (χ4v) is 3.77. The van der Waals surface area contributed by atoms with E-state index in [1.807, 2.05) is 26.0 Å². The van der Waals surface area contributed by atoms with Crippen LogP contribution in [0.1, 0.15) is 36.8 Å². The van der Waals surface area contributed by atoms with Crippen LogP contribution in [0.15, 0.2) is 28.8 Å². The third-order valence-corrected chi connectivity index (χ3v) is 5.46. The van der Waals surface area contributed by atoms with Crippen molar-refractivity contribution < 1.29 is 9.32 Å². The lowest BCUT2D eigenvalue weighted by Gasteiger charge is -2.41. The molecule has 1 saturated heterocycles. The van der Waals surface area contributed by atoms with E-state index in [-0.39, 0.29) is 5.91 Å². The third kappa shape index (κ3) is 4.09. The van der Waals surface area contributed by atoms with Crippen LogP contribution in [0.25, 0.3) is 0 Å². The van der Waals surface area contributed by atoms with Crippen LogP contribution >= 0.6 is 11.6 Å². The molecule has 2 heterocycles. The molecule has 142 valence electrons. The molecule has 0 atom stereocenters. The Morgan fingerprint density at radius 1 is 1.41 bits per heavy atom. The van der Waals surface area contributed by atoms with Crippen molar-refractivity contribution in [2.24, 2.45) is 5.41 Å². The Labute approximate surface area is 164 Å². The second-order valence-electron chi connectivity index (χ2n) is 7.41. The highest BCUT2D eigenvalue weighted by Gasteiger charge is 2.39. The average Bonchev–Trinajstić information content (AvgIpc) is 3.06. The molecule has 0 unspecified atom stereocenters. The van der Waals surface area contributed by atoms with Gasteiger partial charge in [-0.2, -0.15) is 5.26 Å². The number of hydrogen-bond acceptors (Lipinski definition) is 5. The quantitative estimate of drug-likeness (QED) is 0.799.